The van der Waals surface area contributed by atoms with Crippen LogP contribution in [0.5, 0.6) is 0 Å². The third-order valence-electron chi connectivity index (χ3n) is 2.08. The molecular formula is C10H7N3. The molecule has 2 aromatic rings. The lowest BCUT2D eigenvalue weighted by atomic mass is 10.1. The number of hydrogen-bond acceptors (Lipinski definition) is 2. The molecule has 0 aliphatic heterocycles. The highest BCUT2D eigenvalue weighted by Gasteiger charge is 2.06. The van der Waals surface area contributed by atoms with E-state index in [1.54, 1.807) is 10.7 Å². The molecule has 0 atom stereocenters. The minimum Gasteiger partial charge on any atom is -0.227 e. The van der Waals surface area contributed by atoms with Gasteiger partial charge in [0, 0.05) is 11.8 Å². The number of nitrogens with zero attached hydrogens (tertiary/aromatic N) is 3. The molecule has 0 N–H and O–H groups in total. The minimum atomic E-state index is 0.888. The first-order valence-electron chi connectivity index (χ1n) is 4.13. The van der Waals surface area contributed by atoms with E-state index in [2.05, 4.69) is 10.1 Å². The van der Waals surface area contributed by atoms with Gasteiger partial charge in [-0.15, -0.1) is 0 Å². The molecule has 0 bridgehead atoms. The molecule has 0 saturated heterocycles. The van der Waals surface area contributed by atoms with Crippen LogP contribution in [0, 0.1) is 0 Å². The van der Waals surface area contributed by atoms with Crippen molar-refractivity contribution >= 4 is 11.2 Å². The summed E-state index contributed by atoms with van der Waals surface area (Å²) in [5, 5.41) is 4.15. The van der Waals surface area contributed by atoms with E-state index in [1.165, 1.54) is 5.57 Å². The molecule has 2 heterocycles. The highest BCUT2D eigenvalue weighted by Crippen LogP contribution is 2.20. The van der Waals surface area contributed by atoms with Crippen LogP contribution in [0.15, 0.2) is 42.8 Å². The fourth-order valence-electron chi connectivity index (χ4n) is 1.33. The zero-order valence-corrected chi connectivity index (χ0v) is 6.88. The zero-order chi connectivity index (χ0) is 8.67. The van der Waals surface area contributed by atoms with Crippen LogP contribution >= 0.6 is 0 Å². The fraction of sp³-hybridized carbons (Fsp3) is 0. The minimum absolute atomic E-state index is 0.888. The van der Waals surface area contributed by atoms with Crippen molar-refractivity contribution in [1.29, 1.82) is 0 Å². The molecule has 1 aliphatic rings. The molecule has 0 amide bonds. The lowest BCUT2D eigenvalue weighted by molar-refractivity contribution is 0.935. The molecule has 62 valence electrons. The number of rotatable bonds is 1. The third kappa shape index (κ3) is 0.902. The smallest absolute Gasteiger partial charge is 0.154 e. The van der Waals surface area contributed by atoms with Crippen molar-refractivity contribution in [3.63, 3.8) is 0 Å². The lowest BCUT2D eigenvalue weighted by Gasteiger charge is -2.00. The van der Waals surface area contributed by atoms with Crippen LogP contribution < -0.4 is 0 Å². The van der Waals surface area contributed by atoms with Crippen LogP contribution in [0.1, 0.15) is 5.69 Å². The predicted molar refractivity (Wildman–Crippen MR) is 50.1 cm³/mol. The molecule has 1 aliphatic carbocycles. The van der Waals surface area contributed by atoms with Gasteiger partial charge in [-0.25, -0.2) is 9.50 Å². The summed E-state index contributed by atoms with van der Waals surface area (Å²) in [5.41, 5.74) is 3.05. The number of aromatic nitrogens is 3. The first kappa shape index (κ1) is 6.60. The molecule has 13 heavy (non-hydrogen) atoms. The summed E-state index contributed by atoms with van der Waals surface area (Å²) in [6.45, 7) is 0. The molecule has 3 rings (SSSR count). The molecule has 2 aromatic heterocycles. The SMILES string of the molecule is C1=CC(c2cn3ncccc3n2)=C1. The average molecular weight is 169 g/mol. The summed E-state index contributed by atoms with van der Waals surface area (Å²) in [7, 11) is 0. The number of fused-ring (bicyclic) bond motifs is 1. The molecule has 0 aromatic carbocycles. The molecule has 0 fully saturated rings. The Bertz CT molecular complexity index is 487. The number of allylic oxidation sites excluding steroid dienone is 4. The first-order valence-corrected chi connectivity index (χ1v) is 4.13. The van der Waals surface area contributed by atoms with E-state index in [0.717, 1.165) is 11.3 Å². The van der Waals surface area contributed by atoms with Crippen LogP contribution in [0.2, 0.25) is 0 Å². The third-order valence-corrected chi connectivity index (χ3v) is 2.08. The van der Waals surface area contributed by atoms with Crippen LogP contribution in [-0.4, -0.2) is 14.6 Å². The second-order valence-electron chi connectivity index (χ2n) is 2.93. The van der Waals surface area contributed by atoms with Gasteiger partial charge in [-0.1, -0.05) is 18.2 Å². The van der Waals surface area contributed by atoms with E-state index in [4.69, 9.17) is 0 Å². The molecule has 0 radical (unpaired) electrons. The van der Waals surface area contributed by atoms with E-state index in [0.29, 0.717) is 0 Å². The molecule has 0 unspecified atom stereocenters. The van der Waals surface area contributed by atoms with Crippen molar-refractivity contribution in [2.45, 2.75) is 0 Å². The molecule has 3 nitrogen and oxygen atoms in total. The standard InChI is InChI=1S/C10H7N3/c1-3-8(4-1)9-7-13-10(12-9)5-2-6-11-13/h1-7H. The monoisotopic (exact) mass is 169 g/mol. The summed E-state index contributed by atoms with van der Waals surface area (Å²) in [5.74, 6) is 0. The first-order chi connectivity index (χ1) is 6.43. The Labute approximate surface area is 75.0 Å². The average Bonchev–Trinajstić information content (AvgIpc) is 2.43. The van der Waals surface area contributed by atoms with Gasteiger partial charge in [0.25, 0.3) is 0 Å². The Balaban J connectivity index is 2.22. The van der Waals surface area contributed by atoms with E-state index < -0.39 is 0 Å². The molecule has 3 heteroatoms. The number of imidazole rings is 1. The highest BCUT2D eigenvalue weighted by atomic mass is 15.2. The summed E-state index contributed by atoms with van der Waals surface area (Å²) >= 11 is 0. The van der Waals surface area contributed by atoms with Crippen molar-refractivity contribution < 1.29 is 0 Å². The van der Waals surface area contributed by atoms with Crippen LogP contribution in [-0.2, 0) is 0 Å². The van der Waals surface area contributed by atoms with Crippen molar-refractivity contribution in [2.75, 3.05) is 0 Å². The van der Waals surface area contributed by atoms with Gasteiger partial charge in [-0.3, -0.25) is 0 Å². The second kappa shape index (κ2) is 2.29. The normalized spacial score (nSPS) is 14.3. The quantitative estimate of drug-likeness (QED) is 0.650. The topological polar surface area (TPSA) is 30.2 Å². The van der Waals surface area contributed by atoms with Crippen LogP contribution in [0.25, 0.3) is 11.2 Å². The van der Waals surface area contributed by atoms with Gasteiger partial charge in [-0.2, -0.15) is 5.10 Å². The van der Waals surface area contributed by atoms with Crippen LogP contribution in [0.4, 0.5) is 0 Å². The molecular weight excluding hydrogens is 162 g/mol. The van der Waals surface area contributed by atoms with E-state index in [1.807, 2.05) is 36.6 Å². The maximum atomic E-state index is 4.42. The van der Waals surface area contributed by atoms with Gasteiger partial charge >= 0.3 is 0 Å². The van der Waals surface area contributed by atoms with Crippen molar-refractivity contribution in [2.24, 2.45) is 0 Å². The summed E-state index contributed by atoms with van der Waals surface area (Å²) in [4.78, 5) is 4.42. The highest BCUT2D eigenvalue weighted by molar-refractivity contribution is 5.79. The van der Waals surface area contributed by atoms with Gasteiger partial charge in [0.2, 0.25) is 0 Å². The van der Waals surface area contributed by atoms with E-state index in [9.17, 15) is 0 Å². The maximum absolute atomic E-state index is 4.42. The van der Waals surface area contributed by atoms with Gasteiger partial charge in [0.05, 0.1) is 11.9 Å². The molecule has 0 spiro atoms. The van der Waals surface area contributed by atoms with E-state index in [-0.39, 0.29) is 0 Å². The van der Waals surface area contributed by atoms with E-state index >= 15 is 0 Å². The van der Waals surface area contributed by atoms with Gasteiger partial charge < -0.3 is 0 Å². The van der Waals surface area contributed by atoms with Crippen molar-refractivity contribution in [3.8, 4) is 0 Å². The molecule has 0 saturated carbocycles. The second-order valence-corrected chi connectivity index (χ2v) is 2.93. The van der Waals surface area contributed by atoms with Gasteiger partial charge in [-0.05, 0) is 12.1 Å². The van der Waals surface area contributed by atoms with Gasteiger partial charge in [0.1, 0.15) is 0 Å². The Kier molecular flexibility index (Phi) is 1.16. The van der Waals surface area contributed by atoms with Gasteiger partial charge in [0.15, 0.2) is 5.65 Å². The lowest BCUT2D eigenvalue weighted by Crippen LogP contribution is -1.86. The summed E-state index contributed by atoms with van der Waals surface area (Å²) in [6.07, 6.45) is 9.78. The predicted octanol–water partition coefficient (Wildman–Crippen LogP) is 1.68. The Morgan fingerprint density at radius 1 is 1.31 bits per heavy atom. The largest absolute Gasteiger partial charge is 0.227 e. The Morgan fingerprint density at radius 3 is 2.92 bits per heavy atom. The Morgan fingerprint density at radius 2 is 2.23 bits per heavy atom. The van der Waals surface area contributed by atoms with Crippen molar-refractivity contribution in [3.05, 3.63) is 48.4 Å². The Hall–Kier alpha value is -1.90. The van der Waals surface area contributed by atoms with Crippen LogP contribution in [0.3, 0.4) is 0 Å². The van der Waals surface area contributed by atoms with Crippen molar-refractivity contribution in [1.82, 2.24) is 14.6 Å². The zero-order valence-electron chi connectivity index (χ0n) is 6.88. The summed E-state index contributed by atoms with van der Waals surface area (Å²) < 4.78 is 1.78. The number of hydrogen-bond donors (Lipinski definition) is 0. The summed E-state index contributed by atoms with van der Waals surface area (Å²) in [6, 6.07) is 3.83. The maximum Gasteiger partial charge on any atom is 0.154 e. The fourth-order valence-corrected chi connectivity index (χ4v) is 1.33.